The molecule has 1 unspecified atom stereocenters. The van der Waals surface area contributed by atoms with Crippen LogP contribution < -0.4 is 4.74 Å². The van der Waals surface area contributed by atoms with Crippen LogP contribution in [0.4, 0.5) is 0 Å². The van der Waals surface area contributed by atoms with Gasteiger partial charge in [-0.15, -0.1) is 0 Å². The zero-order valence-electron chi connectivity index (χ0n) is 14.8. The second kappa shape index (κ2) is 9.16. The molecular weight excluding hydrogens is 300 g/mol. The Morgan fingerprint density at radius 1 is 1.08 bits per heavy atom. The summed E-state index contributed by atoms with van der Waals surface area (Å²) in [6, 6.07) is 7.66. The van der Waals surface area contributed by atoms with Crippen molar-refractivity contribution in [3.05, 3.63) is 53.6 Å². The van der Waals surface area contributed by atoms with Crippen molar-refractivity contribution < 1.29 is 9.53 Å². The summed E-state index contributed by atoms with van der Waals surface area (Å²) in [6.45, 7) is 6.56. The normalized spacial score (nSPS) is 12.0. The summed E-state index contributed by atoms with van der Waals surface area (Å²) < 4.78 is 5.34. The van der Waals surface area contributed by atoms with Crippen LogP contribution in [0.5, 0.6) is 5.75 Å². The standard InChI is InChI=1S/C20H26N2O2/c1-4-6-7-17-13-21-19(22-14-17)20(23)24-18-10-8-16(9-11-18)12-15(3)5-2/h8-11,13-15H,4-7,12H2,1-3H3. The summed E-state index contributed by atoms with van der Waals surface area (Å²) in [5.41, 5.74) is 2.29. The second-order valence-corrected chi connectivity index (χ2v) is 6.27. The lowest BCUT2D eigenvalue weighted by molar-refractivity contribution is 0.0721. The molecule has 1 heterocycles. The Labute approximate surface area is 144 Å². The molecule has 0 aliphatic rings. The molecule has 0 radical (unpaired) electrons. The smallest absolute Gasteiger partial charge is 0.381 e. The molecule has 4 nitrogen and oxygen atoms in total. The van der Waals surface area contributed by atoms with Crippen molar-refractivity contribution in [2.75, 3.05) is 0 Å². The van der Waals surface area contributed by atoms with Crippen molar-refractivity contribution in [2.24, 2.45) is 5.92 Å². The van der Waals surface area contributed by atoms with E-state index in [0.717, 1.165) is 37.7 Å². The Bertz CT molecular complexity index is 636. The van der Waals surface area contributed by atoms with Crippen LogP contribution in [0, 0.1) is 5.92 Å². The number of rotatable bonds is 8. The van der Waals surface area contributed by atoms with E-state index in [4.69, 9.17) is 4.74 Å². The van der Waals surface area contributed by atoms with Crippen molar-refractivity contribution in [3.8, 4) is 5.75 Å². The summed E-state index contributed by atoms with van der Waals surface area (Å²) >= 11 is 0. The molecule has 0 aliphatic carbocycles. The highest BCUT2D eigenvalue weighted by Gasteiger charge is 2.12. The lowest BCUT2D eigenvalue weighted by Crippen LogP contribution is -2.13. The van der Waals surface area contributed by atoms with Crippen molar-refractivity contribution >= 4 is 5.97 Å². The third-order valence-corrected chi connectivity index (χ3v) is 4.12. The molecule has 24 heavy (non-hydrogen) atoms. The van der Waals surface area contributed by atoms with Gasteiger partial charge in [-0.2, -0.15) is 0 Å². The number of hydrogen-bond donors (Lipinski definition) is 0. The molecule has 0 amide bonds. The minimum Gasteiger partial charge on any atom is -0.421 e. The van der Waals surface area contributed by atoms with Gasteiger partial charge in [0.2, 0.25) is 5.82 Å². The van der Waals surface area contributed by atoms with E-state index in [1.165, 1.54) is 5.56 Å². The number of ether oxygens (including phenoxy) is 1. The number of unbranched alkanes of at least 4 members (excludes halogenated alkanes) is 1. The molecule has 2 aromatic rings. The molecule has 0 bridgehead atoms. The van der Waals surface area contributed by atoms with Gasteiger partial charge in [-0.05, 0) is 48.4 Å². The molecule has 0 saturated carbocycles. The van der Waals surface area contributed by atoms with Crippen LogP contribution in [-0.2, 0) is 12.8 Å². The van der Waals surface area contributed by atoms with Crippen LogP contribution >= 0.6 is 0 Å². The van der Waals surface area contributed by atoms with E-state index in [2.05, 4.69) is 30.7 Å². The van der Waals surface area contributed by atoms with Gasteiger partial charge in [-0.1, -0.05) is 45.7 Å². The minimum atomic E-state index is -0.522. The number of aromatic nitrogens is 2. The van der Waals surface area contributed by atoms with Gasteiger partial charge in [-0.3, -0.25) is 0 Å². The summed E-state index contributed by atoms with van der Waals surface area (Å²) in [7, 11) is 0. The zero-order valence-corrected chi connectivity index (χ0v) is 14.8. The van der Waals surface area contributed by atoms with Crippen LogP contribution in [-0.4, -0.2) is 15.9 Å². The van der Waals surface area contributed by atoms with E-state index in [9.17, 15) is 4.79 Å². The molecule has 1 aromatic heterocycles. The molecule has 0 saturated heterocycles. The Kier molecular flexibility index (Phi) is 6.91. The molecule has 1 atom stereocenters. The lowest BCUT2D eigenvalue weighted by Gasteiger charge is -2.09. The number of carbonyl (C=O) groups excluding carboxylic acids is 1. The van der Waals surface area contributed by atoms with Gasteiger partial charge in [0, 0.05) is 12.4 Å². The summed E-state index contributed by atoms with van der Waals surface area (Å²) in [5, 5.41) is 0. The first-order valence-electron chi connectivity index (χ1n) is 8.74. The van der Waals surface area contributed by atoms with Gasteiger partial charge < -0.3 is 4.74 Å². The summed E-state index contributed by atoms with van der Waals surface area (Å²) in [5.74, 6) is 0.746. The quantitative estimate of drug-likeness (QED) is 0.524. The predicted molar refractivity (Wildman–Crippen MR) is 95.2 cm³/mol. The van der Waals surface area contributed by atoms with E-state index in [0.29, 0.717) is 11.7 Å². The van der Waals surface area contributed by atoms with Gasteiger partial charge in [-0.25, -0.2) is 14.8 Å². The molecule has 2 rings (SSSR count). The van der Waals surface area contributed by atoms with Gasteiger partial charge in [0.25, 0.3) is 0 Å². The number of carbonyl (C=O) groups is 1. The Balaban J connectivity index is 1.94. The highest BCUT2D eigenvalue weighted by molar-refractivity contribution is 5.86. The van der Waals surface area contributed by atoms with E-state index in [1.54, 1.807) is 12.4 Å². The first kappa shape index (κ1) is 18.1. The third kappa shape index (κ3) is 5.44. The maximum atomic E-state index is 12.1. The fraction of sp³-hybridized carbons (Fsp3) is 0.450. The van der Waals surface area contributed by atoms with Crippen molar-refractivity contribution in [1.29, 1.82) is 0 Å². The SMILES string of the molecule is CCCCc1cnc(C(=O)Oc2ccc(CC(C)CC)cc2)nc1. The highest BCUT2D eigenvalue weighted by Crippen LogP contribution is 2.17. The van der Waals surface area contributed by atoms with Crippen LogP contribution in [0.1, 0.15) is 61.8 Å². The molecule has 128 valence electrons. The Hall–Kier alpha value is -2.23. The number of hydrogen-bond acceptors (Lipinski definition) is 4. The molecule has 4 heteroatoms. The van der Waals surface area contributed by atoms with Crippen molar-refractivity contribution in [1.82, 2.24) is 9.97 Å². The van der Waals surface area contributed by atoms with Crippen LogP contribution in [0.15, 0.2) is 36.7 Å². The molecule has 0 aliphatic heterocycles. The van der Waals surface area contributed by atoms with Gasteiger partial charge in [0.05, 0.1) is 0 Å². The summed E-state index contributed by atoms with van der Waals surface area (Å²) in [6.07, 6.45) is 8.74. The minimum absolute atomic E-state index is 0.0962. The average molecular weight is 326 g/mol. The maximum absolute atomic E-state index is 12.1. The number of aryl methyl sites for hydroxylation is 1. The summed E-state index contributed by atoms with van der Waals surface area (Å²) in [4.78, 5) is 20.3. The van der Waals surface area contributed by atoms with E-state index in [-0.39, 0.29) is 5.82 Å². The number of nitrogens with zero attached hydrogens (tertiary/aromatic N) is 2. The average Bonchev–Trinajstić information content (AvgIpc) is 2.61. The van der Waals surface area contributed by atoms with Gasteiger partial charge in [0.15, 0.2) is 0 Å². The largest absolute Gasteiger partial charge is 0.421 e. The highest BCUT2D eigenvalue weighted by atomic mass is 16.5. The van der Waals surface area contributed by atoms with Crippen molar-refractivity contribution in [2.45, 2.75) is 52.9 Å². The van der Waals surface area contributed by atoms with E-state index >= 15 is 0 Å². The molecule has 0 spiro atoms. The van der Waals surface area contributed by atoms with Crippen molar-refractivity contribution in [3.63, 3.8) is 0 Å². The van der Waals surface area contributed by atoms with E-state index < -0.39 is 5.97 Å². The topological polar surface area (TPSA) is 52.1 Å². The molecular formula is C20H26N2O2. The second-order valence-electron chi connectivity index (χ2n) is 6.27. The number of esters is 1. The Morgan fingerprint density at radius 3 is 2.33 bits per heavy atom. The molecule has 1 aromatic carbocycles. The van der Waals surface area contributed by atoms with Crippen LogP contribution in [0.25, 0.3) is 0 Å². The van der Waals surface area contributed by atoms with Crippen LogP contribution in [0.2, 0.25) is 0 Å². The first-order chi connectivity index (χ1) is 11.6. The number of benzene rings is 1. The van der Waals surface area contributed by atoms with Gasteiger partial charge in [0.1, 0.15) is 5.75 Å². The monoisotopic (exact) mass is 326 g/mol. The zero-order chi connectivity index (χ0) is 17.4. The predicted octanol–water partition coefficient (Wildman–Crippen LogP) is 4.63. The fourth-order valence-corrected chi connectivity index (χ4v) is 2.36. The maximum Gasteiger partial charge on any atom is 0.381 e. The lowest BCUT2D eigenvalue weighted by atomic mass is 9.99. The third-order valence-electron chi connectivity index (χ3n) is 4.12. The molecule has 0 N–H and O–H groups in total. The first-order valence-corrected chi connectivity index (χ1v) is 8.74. The van der Waals surface area contributed by atoms with Gasteiger partial charge >= 0.3 is 5.97 Å². The van der Waals surface area contributed by atoms with E-state index in [1.807, 2.05) is 24.3 Å². The van der Waals surface area contributed by atoms with Crippen LogP contribution in [0.3, 0.4) is 0 Å². The Morgan fingerprint density at radius 2 is 1.75 bits per heavy atom. The molecule has 0 fully saturated rings. The fourth-order valence-electron chi connectivity index (χ4n) is 2.36.